The van der Waals surface area contributed by atoms with Gasteiger partial charge in [0.1, 0.15) is 11.8 Å². The van der Waals surface area contributed by atoms with Gasteiger partial charge in [-0.05, 0) is 26.0 Å². The van der Waals surface area contributed by atoms with Crippen molar-refractivity contribution >= 4 is 27.0 Å². The average molecular weight is 427 g/mol. The normalized spacial score (nSPS) is 29.9. The molecule has 0 bridgehead atoms. The molecule has 4 rings (SSSR count). The van der Waals surface area contributed by atoms with Crippen LogP contribution in [0.4, 0.5) is 10.3 Å². The molecule has 0 unspecified atom stereocenters. The van der Waals surface area contributed by atoms with Crippen molar-refractivity contribution in [3.8, 4) is 0 Å². The van der Waals surface area contributed by atoms with Crippen molar-refractivity contribution in [3.63, 3.8) is 0 Å². The van der Waals surface area contributed by atoms with E-state index in [4.69, 9.17) is 0 Å². The van der Waals surface area contributed by atoms with Crippen LogP contribution in [0.1, 0.15) is 18.9 Å². The topological polar surface area (TPSA) is 104 Å². The van der Waals surface area contributed by atoms with Gasteiger partial charge in [-0.15, -0.1) is 0 Å². The third-order valence-corrected chi connectivity index (χ3v) is 7.12. The van der Waals surface area contributed by atoms with Gasteiger partial charge < -0.3 is 19.9 Å². The van der Waals surface area contributed by atoms with Gasteiger partial charge in [0.05, 0.1) is 24.4 Å². The Bertz CT molecular complexity index is 983. The first kappa shape index (κ1) is 20.5. The molecule has 2 aliphatic rings. The van der Waals surface area contributed by atoms with Crippen molar-refractivity contribution in [1.29, 1.82) is 0 Å². The van der Waals surface area contributed by atoms with Crippen molar-refractivity contribution in [2.75, 3.05) is 44.8 Å². The summed E-state index contributed by atoms with van der Waals surface area (Å²) < 4.78 is 41.0. The zero-order valence-corrected chi connectivity index (χ0v) is 17.4. The van der Waals surface area contributed by atoms with E-state index in [0.29, 0.717) is 24.6 Å². The van der Waals surface area contributed by atoms with Crippen LogP contribution in [-0.4, -0.2) is 95.1 Å². The summed E-state index contributed by atoms with van der Waals surface area (Å²) in [5.74, 6) is 0.306. The molecule has 0 spiro atoms. The number of likely N-dealkylation sites (N-methyl/N-ethyl adjacent to an activating group) is 1. The van der Waals surface area contributed by atoms with E-state index in [-0.39, 0.29) is 19.1 Å². The highest BCUT2D eigenvalue weighted by molar-refractivity contribution is 7.88. The van der Waals surface area contributed by atoms with Crippen LogP contribution in [0.25, 0.3) is 11.0 Å². The molecular weight excluding hydrogens is 399 g/mol. The smallest absolute Gasteiger partial charge is 0.224 e. The molecule has 2 aromatic rings. The van der Waals surface area contributed by atoms with Gasteiger partial charge in [0.15, 0.2) is 0 Å². The fourth-order valence-corrected chi connectivity index (χ4v) is 5.03. The van der Waals surface area contributed by atoms with Crippen LogP contribution in [0.5, 0.6) is 0 Å². The average Bonchev–Trinajstić information content (AvgIpc) is 3.05. The lowest BCUT2D eigenvalue weighted by Crippen LogP contribution is -2.49. The number of nitrogens with one attached hydrogen (secondary N) is 1. The number of hydrogen-bond acceptors (Lipinski definition) is 7. The van der Waals surface area contributed by atoms with Crippen LogP contribution in [0.3, 0.4) is 0 Å². The predicted molar refractivity (Wildman–Crippen MR) is 108 cm³/mol. The minimum absolute atomic E-state index is 0.0710. The Kier molecular flexibility index (Phi) is 5.49. The molecule has 2 aliphatic heterocycles. The van der Waals surface area contributed by atoms with Crippen molar-refractivity contribution < 1.29 is 17.9 Å². The Morgan fingerprint density at radius 1 is 1.28 bits per heavy atom. The number of sulfonamides is 1. The summed E-state index contributed by atoms with van der Waals surface area (Å²) in [6, 6.07) is 1.29. The Balaban J connectivity index is 1.52. The van der Waals surface area contributed by atoms with Crippen LogP contribution < -0.4 is 5.32 Å². The summed E-state index contributed by atoms with van der Waals surface area (Å²) in [6.45, 7) is 1.58. The Hall–Kier alpha value is -1.82. The SMILES string of the molecule is CN1CC[C@@H](n2ccc3cnc(N[C@@H]4CCN(S(C)(=O)=O)C[C@H]4F)nc32)[C@@H](O)C1. The zero-order valence-electron chi connectivity index (χ0n) is 16.6. The van der Waals surface area contributed by atoms with Crippen molar-refractivity contribution in [2.45, 2.75) is 37.2 Å². The molecule has 2 N–H and O–H groups in total. The van der Waals surface area contributed by atoms with E-state index in [1.54, 1.807) is 6.20 Å². The van der Waals surface area contributed by atoms with Gasteiger partial charge in [-0.3, -0.25) is 0 Å². The van der Waals surface area contributed by atoms with E-state index in [1.807, 2.05) is 23.9 Å². The number of β-amino-alcohol motifs (C(OH)–C–C–N with tert-alkyl or cyclic N) is 1. The summed E-state index contributed by atoms with van der Waals surface area (Å²) in [6.07, 6.45) is 3.99. The number of nitrogens with zero attached hydrogens (tertiary/aromatic N) is 5. The number of halogens is 1. The highest BCUT2D eigenvalue weighted by Crippen LogP contribution is 2.27. The fourth-order valence-electron chi connectivity index (χ4n) is 4.18. The molecule has 2 saturated heterocycles. The van der Waals surface area contributed by atoms with Crippen LogP contribution in [0.15, 0.2) is 18.5 Å². The maximum absolute atomic E-state index is 14.6. The third-order valence-electron chi connectivity index (χ3n) is 5.85. The Morgan fingerprint density at radius 2 is 2.07 bits per heavy atom. The van der Waals surface area contributed by atoms with Gasteiger partial charge in [0, 0.05) is 44.0 Å². The second-order valence-corrected chi connectivity index (χ2v) is 10.0. The Morgan fingerprint density at radius 3 is 2.76 bits per heavy atom. The first-order chi connectivity index (χ1) is 13.7. The molecule has 0 aliphatic carbocycles. The fraction of sp³-hybridized carbons (Fsp3) is 0.667. The third kappa shape index (κ3) is 4.23. The number of hydrogen-bond donors (Lipinski definition) is 2. The van der Waals surface area contributed by atoms with Gasteiger partial charge in [-0.25, -0.2) is 17.8 Å². The van der Waals surface area contributed by atoms with E-state index in [0.717, 1.165) is 28.9 Å². The molecule has 160 valence electrons. The van der Waals surface area contributed by atoms with E-state index in [2.05, 4.69) is 20.2 Å². The number of aliphatic hydroxyl groups is 1. The highest BCUT2D eigenvalue weighted by Gasteiger charge is 2.34. The lowest BCUT2D eigenvalue weighted by atomic mass is 10.0. The molecule has 2 aromatic heterocycles. The molecule has 0 radical (unpaired) electrons. The molecule has 0 aromatic carbocycles. The number of likely N-dealkylation sites (tertiary alicyclic amines) is 1. The van der Waals surface area contributed by atoms with Crippen molar-refractivity contribution in [3.05, 3.63) is 18.5 Å². The van der Waals surface area contributed by atoms with E-state index in [1.165, 1.54) is 0 Å². The van der Waals surface area contributed by atoms with E-state index >= 15 is 0 Å². The maximum Gasteiger partial charge on any atom is 0.224 e. The summed E-state index contributed by atoms with van der Waals surface area (Å²) in [5, 5.41) is 14.4. The lowest BCUT2D eigenvalue weighted by Gasteiger charge is -2.35. The first-order valence-electron chi connectivity index (χ1n) is 9.78. The number of fused-ring (bicyclic) bond motifs is 1. The second kappa shape index (κ2) is 7.78. The number of aliphatic hydroxyl groups excluding tert-OH is 1. The van der Waals surface area contributed by atoms with Crippen LogP contribution in [0, 0.1) is 0 Å². The minimum Gasteiger partial charge on any atom is -0.390 e. The number of alkyl halides is 1. The van der Waals surface area contributed by atoms with Crippen molar-refractivity contribution in [1.82, 2.24) is 23.7 Å². The standard InChI is InChI=1S/C18H27FN6O3S/c1-23-6-5-15(16(26)11-23)25-8-3-12-9-20-18(22-17(12)25)21-14-4-7-24(10-13(14)19)29(2,27)28/h3,8-9,13-16,26H,4-7,10-11H2,1-2H3,(H,20,21,22)/t13-,14-,15-,16+/m1/s1. The van der Waals surface area contributed by atoms with Gasteiger partial charge in [-0.2, -0.15) is 9.29 Å². The monoisotopic (exact) mass is 426 g/mol. The summed E-state index contributed by atoms with van der Waals surface area (Å²) in [5.41, 5.74) is 0.695. The molecule has 0 amide bonds. The number of aromatic nitrogens is 3. The summed E-state index contributed by atoms with van der Waals surface area (Å²) in [4.78, 5) is 11.0. The number of piperidine rings is 2. The number of anilines is 1. The highest BCUT2D eigenvalue weighted by atomic mass is 32.2. The summed E-state index contributed by atoms with van der Waals surface area (Å²) >= 11 is 0. The molecule has 11 heteroatoms. The van der Waals surface area contributed by atoms with Crippen LogP contribution in [0.2, 0.25) is 0 Å². The lowest BCUT2D eigenvalue weighted by molar-refractivity contribution is 0.0395. The minimum atomic E-state index is -3.40. The largest absolute Gasteiger partial charge is 0.390 e. The van der Waals surface area contributed by atoms with Crippen LogP contribution >= 0.6 is 0 Å². The van der Waals surface area contributed by atoms with E-state index in [9.17, 15) is 17.9 Å². The van der Waals surface area contributed by atoms with E-state index < -0.39 is 28.3 Å². The molecule has 4 heterocycles. The molecular formula is C18H27FN6O3S. The predicted octanol–water partition coefficient (Wildman–Crippen LogP) is 0.453. The first-order valence-corrected chi connectivity index (χ1v) is 11.6. The van der Waals surface area contributed by atoms with Crippen LogP contribution in [-0.2, 0) is 10.0 Å². The molecule has 29 heavy (non-hydrogen) atoms. The van der Waals surface area contributed by atoms with Crippen molar-refractivity contribution in [2.24, 2.45) is 0 Å². The number of rotatable bonds is 4. The van der Waals surface area contributed by atoms with Gasteiger partial charge >= 0.3 is 0 Å². The summed E-state index contributed by atoms with van der Waals surface area (Å²) in [7, 11) is -1.41. The van der Waals surface area contributed by atoms with Gasteiger partial charge in [0.2, 0.25) is 16.0 Å². The molecule has 2 fully saturated rings. The Labute approximate surface area is 169 Å². The molecule has 0 saturated carbocycles. The second-order valence-electron chi connectivity index (χ2n) is 8.06. The quantitative estimate of drug-likeness (QED) is 0.732. The van der Waals surface area contributed by atoms with Gasteiger partial charge in [0.25, 0.3) is 0 Å². The van der Waals surface area contributed by atoms with Gasteiger partial charge in [-0.1, -0.05) is 0 Å². The maximum atomic E-state index is 14.6. The molecule has 9 nitrogen and oxygen atoms in total. The molecule has 4 atom stereocenters. The zero-order chi connectivity index (χ0) is 20.8.